The first kappa shape index (κ1) is 16.4. The van der Waals surface area contributed by atoms with Gasteiger partial charge < -0.3 is 5.32 Å². The lowest BCUT2D eigenvalue weighted by atomic mass is 10.2. The standard InChI is InChI=1S/C16H11ClFN3O2S/c1-8(22)19-10-3-5-13-14(7-10)24-16(20-13)21-15(23)11-6-9(17)2-4-12(11)18/h2-7H,1H3,(H,19,22)(H,20,21,23). The first-order valence-electron chi connectivity index (χ1n) is 6.87. The Balaban J connectivity index is 1.86. The number of thiazole rings is 1. The second-order valence-electron chi connectivity index (χ2n) is 4.96. The van der Waals surface area contributed by atoms with Crippen molar-refractivity contribution in [2.45, 2.75) is 6.92 Å². The number of carbonyl (C=O) groups excluding carboxylic acids is 2. The van der Waals surface area contributed by atoms with Crippen LogP contribution in [-0.2, 0) is 4.79 Å². The largest absolute Gasteiger partial charge is 0.326 e. The molecule has 8 heteroatoms. The first-order valence-corrected chi connectivity index (χ1v) is 8.06. The highest BCUT2D eigenvalue weighted by atomic mass is 35.5. The SMILES string of the molecule is CC(=O)Nc1ccc2nc(NC(=O)c3cc(Cl)ccc3F)sc2c1. The molecule has 2 amide bonds. The summed E-state index contributed by atoms with van der Waals surface area (Å²) >= 11 is 7.01. The topological polar surface area (TPSA) is 71.1 Å². The average molecular weight is 364 g/mol. The van der Waals surface area contributed by atoms with Crippen LogP contribution in [0.4, 0.5) is 15.2 Å². The van der Waals surface area contributed by atoms with Crippen molar-refractivity contribution in [2.24, 2.45) is 0 Å². The van der Waals surface area contributed by atoms with Crippen LogP contribution < -0.4 is 10.6 Å². The van der Waals surface area contributed by atoms with Gasteiger partial charge in [0.25, 0.3) is 5.91 Å². The van der Waals surface area contributed by atoms with Crippen molar-refractivity contribution < 1.29 is 14.0 Å². The molecule has 3 rings (SSSR count). The summed E-state index contributed by atoms with van der Waals surface area (Å²) in [5.74, 6) is -1.47. The average Bonchev–Trinajstić information content (AvgIpc) is 2.90. The highest BCUT2D eigenvalue weighted by molar-refractivity contribution is 7.22. The summed E-state index contributed by atoms with van der Waals surface area (Å²) in [7, 11) is 0. The fraction of sp³-hybridized carbons (Fsp3) is 0.0625. The van der Waals surface area contributed by atoms with Gasteiger partial charge in [-0.2, -0.15) is 0 Å². The predicted molar refractivity (Wildman–Crippen MR) is 93.3 cm³/mol. The molecule has 0 aliphatic rings. The molecule has 24 heavy (non-hydrogen) atoms. The number of nitrogens with zero attached hydrogens (tertiary/aromatic N) is 1. The molecule has 1 heterocycles. The van der Waals surface area contributed by atoms with Gasteiger partial charge in [0.1, 0.15) is 5.82 Å². The van der Waals surface area contributed by atoms with E-state index < -0.39 is 11.7 Å². The van der Waals surface area contributed by atoms with Crippen LogP contribution in [0.5, 0.6) is 0 Å². The maximum atomic E-state index is 13.7. The number of hydrogen-bond acceptors (Lipinski definition) is 4. The van der Waals surface area contributed by atoms with Crippen LogP contribution in [0, 0.1) is 5.82 Å². The Bertz CT molecular complexity index is 958. The normalized spacial score (nSPS) is 10.6. The van der Waals surface area contributed by atoms with Crippen molar-refractivity contribution >= 4 is 55.8 Å². The first-order chi connectivity index (χ1) is 11.4. The molecule has 0 unspecified atom stereocenters. The van der Waals surface area contributed by atoms with Gasteiger partial charge in [-0.15, -0.1) is 0 Å². The third kappa shape index (κ3) is 3.52. The summed E-state index contributed by atoms with van der Waals surface area (Å²) in [6.45, 7) is 1.42. The van der Waals surface area contributed by atoms with Crippen molar-refractivity contribution in [2.75, 3.05) is 10.6 Å². The molecule has 3 aromatic rings. The van der Waals surface area contributed by atoms with Crippen LogP contribution in [0.25, 0.3) is 10.2 Å². The smallest absolute Gasteiger partial charge is 0.260 e. The van der Waals surface area contributed by atoms with E-state index in [9.17, 15) is 14.0 Å². The summed E-state index contributed by atoms with van der Waals surface area (Å²) in [4.78, 5) is 27.5. The van der Waals surface area contributed by atoms with Crippen LogP contribution in [0.2, 0.25) is 5.02 Å². The molecule has 1 aromatic heterocycles. The van der Waals surface area contributed by atoms with Crippen molar-refractivity contribution in [1.82, 2.24) is 4.98 Å². The number of fused-ring (bicyclic) bond motifs is 1. The number of carbonyl (C=O) groups is 2. The summed E-state index contributed by atoms with van der Waals surface area (Å²) in [5, 5.41) is 5.83. The van der Waals surface area contributed by atoms with E-state index in [4.69, 9.17) is 11.6 Å². The number of hydrogen-bond donors (Lipinski definition) is 2. The highest BCUT2D eigenvalue weighted by Gasteiger charge is 2.15. The molecule has 5 nitrogen and oxygen atoms in total. The van der Waals surface area contributed by atoms with Crippen LogP contribution in [-0.4, -0.2) is 16.8 Å². The molecular weight excluding hydrogens is 353 g/mol. The molecule has 0 aliphatic carbocycles. The summed E-state index contributed by atoms with van der Waals surface area (Å²) in [6.07, 6.45) is 0. The lowest BCUT2D eigenvalue weighted by Gasteiger charge is -2.03. The molecule has 0 atom stereocenters. The number of halogens is 2. The van der Waals surface area contributed by atoms with Crippen molar-refractivity contribution in [3.05, 3.63) is 52.8 Å². The minimum Gasteiger partial charge on any atom is -0.326 e. The summed E-state index contributed by atoms with van der Waals surface area (Å²) < 4.78 is 14.5. The number of nitrogens with one attached hydrogen (secondary N) is 2. The fourth-order valence-corrected chi connectivity index (χ4v) is 3.17. The van der Waals surface area contributed by atoms with E-state index in [-0.39, 0.29) is 16.5 Å². The van der Waals surface area contributed by atoms with Crippen LogP contribution >= 0.6 is 22.9 Å². The molecule has 2 N–H and O–H groups in total. The third-order valence-corrected chi connectivity index (χ3v) is 4.27. The lowest BCUT2D eigenvalue weighted by Crippen LogP contribution is -2.13. The number of aromatic nitrogens is 1. The number of benzene rings is 2. The number of anilines is 2. The van der Waals surface area contributed by atoms with E-state index in [1.807, 2.05) is 0 Å². The second-order valence-corrected chi connectivity index (χ2v) is 6.43. The van der Waals surface area contributed by atoms with Crippen LogP contribution in [0.3, 0.4) is 0 Å². The van der Waals surface area contributed by atoms with Crippen LogP contribution in [0.1, 0.15) is 17.3 Å². The van der Waals surface area contributed by atoms with Gasteiger partial charge in [-0.05, 0) is 36.4 Å². The quantitative estimate of drug-likeness (QED) is 0.728. The van der Waals surface area contributed by atoms with Crippen LogP contribution in [0.15, 0.2) is 36.4 Å². The Labute approximate surface area is 145 Å². The number of rotatable bonds is 3. The van der Waals surface area contributed by atoms with E-state index in [2.05, 4.69) is 15.6 Å². The molecule has 0 fully saturated rings. The maximum absolute atomic E-state index is 13.7. The van der Waals surface area contributed by atoms with E-state index in [1.165, 1.54) is 30.4 Å². The van der Waals surface area contributed by atoms with Gasteiger partial charge in [0.05, 0.1) is 15.8 Å². The highest BCUT2D eigenvalue weighted by Crippen LogP contribution is 2.29. The van der Waals surface area contributed by atoms with Gasteiger partial charge in [-0.1, -0.05) is 22.9 Å². The van der Waals surface area contributed by atoms with E-state index in [0.717, 1.165) is 10.8 Å². The Hall–Kier alpha value is -2.51. The molecular formula is C16H11ClFN3O2S. The molecule has 0 aliphatic heterocycles. The summed E-state index contributed by atoms with van der Waals surface area (Å²) in [5.41, 5.74) is 1.15. The molecule has 0 saturated carbocycles. The summed E-state index contributed by atoms with van der Waals surface area (Å²) in [6, 6.07) is 8.96. The monoisotopic (exact) mass is 363 g/mol. The zero-order valence-corrected chi connectivity index (χ0v) is 14.0. The lowest BCUT2D eigenvalue weighted by molar-refractivity contribution is -0.114. The van der Waals surface area contributed by atoms with Gasteiger partial charge in [0.2, 0.25) is 5.91 Å². The van der Waals surface area contributed by atoms with Crippen molar-refractivity contribution in [3.8, 4) is 0 Å². The molecule has 122 valence electrons. The van der Waals surface area contributed by atoms with Gasteiger partial charge in [0, 0.05) is 17.6 Å². The Kier molecular flexibility index (Phi) is 4.46. The minimum absolute atomic E-state index is 0.152. The van der Waals surface area contributed by atoms with Gasteiger partial charge in [-0.25, -0.2) is 9.37 Å². The van der Waals surface area contributed by atoms with Gasteiger partial charge in [-0.3, -0.25) is 14.9 Å². The second kappa shape index (κ2) is 6.54. The molecule has 0 spiro atoms. The third-order valence-electron chi connectivity index (χ3n) is 3.10. The molecule has 0 bridgehead atoms. The van der Waals surface area contributed by atoms with E-state index in [0.29, 0.717) is 16.3 Å². The Morgan fingerprint density at radius 3 is 2.71 bits per heavy atom. The minimum atomic E-state index is -0.661. The zero-order chi connectivity index (χ0) is 17.3. The molecule has 0 radical (unpaired) electrons. The number of amides is 2. The molecule has 0 saturated heterocycles. The van der Waals surface area contributed by atoms with Crippen molar-refractivity contribution in [3.63, 3.8) is 0 Å². The van der Waals surface area contributed by atoms with Crippen molar-refractivity contribution in [1.29, 1.82) is 0 Å². The Morgan fingerprint density at radius 2 is 1.96 bits per heavy atom. The van der Waals surface area contributed by atoms with E-state index >= 15 is 0 Å². The fourth-order valence-electron chi connectivity index (χ4n) is 2.10. The van der Waals surface area contributed by atoms with Gasteiger partial charge in [0.15, 0.2) is 5.13 Å². The predicted octanol–water partition coefficient (Wildman–Crippen LogP) is 4.30. The maximum Gasteiger partial charge on any atom is 0.260 e. The zero-order valence-electron chi connectivity index (χ0n) is 12.4. The molecule has 2 aromatic carbocycles. The van der Waals surface area contributed by atoms with Gasteiger partial charge >= 0.3 is 0 Å². The Morgan fingerprint density at radius 1 is 1.17 bits per heavy atom. The van der Waals surface area contributed by atoms with E-state index in [1.54, 1.807) is 18.2 Å².